The summed E-state index contributed by atoms with van der Waals surface area (Å²) in [7, 11) is 0. The van der Waals surface area contributed by atoms with Crippen molar-refractivity contribution in [3.8, 4) is 11.3 Å². The summed E-state index contributed by atoms with van der Waals surface area (Å²) in [5.41, 5.74) is 0.668. The van der Waals surface area contributed by atoms with Crippen LogP contribution in [0.15, 0.2) is 53.0 Å². The fourth-order valence-corrected chi connectivity index (χ4v) is 2.57. The molecule has 0 aliphatic carbocycles. The van der Waals surface area contributed by atoms with Crippen molar-refractivity contribution in [3.63, 3.8) is 0 Å². The molecule has 2 aromatic carbocycles. The van der Waals surface area contributed by atoms with Crippen LogP contribution >= 0.6 is 15.9 Å². The Balaban J connectivity index is 0.000000924. The second-order valence-corrected chi connectivity index (χ2v) is 5.40. The van der Waals surface area contributed by atoms with Gasteiger partial charge < -0.3 is 5.11 Å². The molecule has 1 N–H and O–H groups in total. The van der Waals surface area contributed by atoms with Crippen LogP contribution in [0.5, 0.6) is 0 Å². The monoisotopic (exact) mass is 375 g/mol. The molecule has 3 nitrogen and oxygen atoms in total. The van der Waals surface area contributed by atoms with E-state index in [1.807, 2.05) is 13.8 Å². The lowest BCUT2D eigenvalue weighted by Gasteiger charge is -2.09. The molecule has 118 valence electrons. The van der Waals surface area contributed by atoms with Crippen molar-refractivity contribution in [1.82, 2.24) is 4.98 Å². The summed E-state index contributed by atoms with van der Waals surface area (Å²) >= 11 is 3.26. The van der Waals surface area contributed by atoms with Gasteiger partial charge in [0, 0.05) is 15.4 Å². The highest BCUT2D eigenvalue weighted by Gasteiger charge is 2.21. The molecule has 1 heterocycles. The van der Waals surface area contributed by atoms with E-state index >= 15 is 0 Å². The molecule has 0 saturated carbocycles. The molecule has 5 heteroatoms. The number of pyridine rings is 1. The molecule has 1 aromatic heterocycles. The van der Waals surface area contributed by atoms with Crippen molar-refractivity contribution in [3.05, 3.63) is 64.4 Å². The summed E-state index contributed by atoms with van der Waals surface area (Å²) in [6.45, 7) is 4.00. The molecule has 23 heavy (non-hydrogen) atoms. The van der Waals surface area contributed by atoms with E-state index in [9.17, 15) is 14.3 Å². The number of benzene rings is 2. The average molecular weight is 376 g/mol. The van der Waals surface area contributed by atoms with Crippen LogP contribution in [-0.4, -0.2) is 16.1 Å². The first-order valence-electron chi connectivity index (χ1n) is 7.15. The number of carboxylic acids is 1. The van der Waals surface area contributed by atoms with Crippen molar-refractivity contribution >= 4 is 32.8 Å². The van der Waals surface area contributed by atoms with Gasteiger partial charge >= 0.3 is 5.97 Å². The summed E-state index contributed by atoms with van der Waals surface area (Å²) in [6.07, 6.45) is 0. The van der Waals surface area contributed by atoms with Gasteiger partial charge in [0.15, 0.2) is 5.82 Å². The fraction of sp³-hybridized carbons (Fsp3) is 0.111. The number of carbonyl (C=O) groups is 1. The van der Waals surface area contributed by atoms with Gasteiger partial charge in [-0.2, -0.15) is 0 Å². The Labute approximate surface area is 141 Å². The van der Waals surface area contributed by atoms with Gasteiger partial charge in [0.05, 0.1) is 5.52 Å². The summed E-state index contributed by atoms with van der Waals surface area (Å²) < 4.78 is 15.3. The lowest BCUT2D eigenvalue weighted by Crippen LogP contribution is -2.05. The zero-order valence-corrected chi connectivity index (χ0v) is 14.3. The predicted molar refractivity (Wildman–Crippen MR) is 93.1 cm³/mol. The van der Waals surface area contributed by atoms with Crippen LogP contribution in [0.4, 0.5) is 4.39 Å². The molecule has 0 spiro atoms. The third-order valence-corrected chi connectivity index (χ3v) is 3.64. The highest BCUT2D eigenvalue weighted by molar-refractivity contribution is 9.10. The summed E-state index contributed by atoms with van der Waals surface area (Å²) in [5.74, 6) is -2.13. The quantitative estimate of drug-likeness (QED) is 0.640. The van der Waals surface area contributed by atoms with Gasteiger partial charge in [0.1, 0.15) is 11.3 Å². The first-order chi connectivity index (χ1) is 11.1. The van der Waals surface area contributed by atoms with Crippen LogP contribution < -0.4 is 0 Å². The molecule has 0 unspecified atom stereocenters. The summed E-state index contributed by atoms with van der Waals surface area (Å²) in [6, 6.07) is 13.7. The van der Waals surface area contributed by atoms with Gasteiger partial charge in [-0.1, -0.05) is 60.1 Å². The zero-order chi connectivity index (χ0) is 17.0. The molecule has 3 aromatic rings. The number of halogens is 2. The Kier molecular flexibility index (Phi) is 5.45. The largest absolute Gasteiger partial charge is 0.478 e. The Morgan fingerprint density at radius 1 is 1.13 bits per heavy atom. The number of hydrogen-bond donors (Lipinski definition) is 1. The maximum absolute atomic E-state index is 14.6. The van der Waals surface area contributed by atoms with Crippen LogP contribution in [0.25, 0.3) is 22.2 Å². The number of hydrogen-bond acceptors (Lipinski definition) is 2. The maximum Gasteiger partial charge on any atom is 0.339 e. The van der Waals surface area contributed by atoms with E-state index in [0.717, 1.165) is 0 Å². The minimum Gasteiger partial charge on any atom is -0.478 e. The van der Waals surface area contributed by atoms with E-state index < -0.39 is 11.8 Å². The van der Waals surface area contributed by atoms with E-state index in [1.165, 1.54) is 0 Å². The predicted octanol–water partition coefficient (Wildman–Crippen LogP) is 5.53. The SMILES string of the molecule is CC.O=C(O)c1c(F)c(-c2ccccc2)nc2ccc(Br)cc12. The lowest BCUT2D eigenvalue weighted by atomic mass is 10.0. The van der Waals surface area contributed by atoms with Gasteiger partial charge in [-0.25, -0.2) is 14.2 Å². The second-order valence-electron chi connectivity index (χ2n) is 4.48. The number of nitrogens with zero attached hydrogens (tertiary/aromatic N) is 1. The van der Waals surface area contributed by atoms with E-state index in [4.69, 9.17) is 0 Å². The molecular weight excluding hydrogens is 361 g/mol. The normalized spacial score (nSPS) is 10.1. The third-order valence-electron chi connectivity index (χ3n) is 3.15. The molecule has 0 aliphatic rings. The van der Waals surface area contributed by atoms with Crippen LogP contribution in [0.3, 0.4) is 0 Å². The van der Waals surface area contributed by atoms with Crippen LogP contribution in [0.1, 0.15) is 24.2 Å². The van der Waals surface area contributed by atoms with Crippen LogP contribution in [0.2, 0.25) is 0 Å². The number of rotatable bonds is 2. The van der Waals surface area contributed by atoms with Crippen LogP contribution in [0, 0.1) is 5.82 Å². The Morgan fingerprint density at radius 2 is 1.78 bits per heavy atom. The molecule has 0 bridgehead atoms. The smallest absolute Gasteiger partial charge is 0.339 e. The topological polar surface area (TPSA) is 50.2 Å². The van der Waals surface area contributed by atoms with E-state index in [2.05, 4.69) is 20.9 Å². The number of fused-ring (bicyclic) bond motifs is 1. The van der Waals surface area contributed by atoms with Crippen molar-refractivity contribution in [1.29, 1.82) is 0 Å². The zero-order valence-electron chi connectivity index (χ0n) is 12.7. The Morgan fingerprint density at radius 3 is 2.39 bits per heavy atom. The molecule has 0 fully saturated rings. The summed E-state index contributed by atoms with van der Waals surface area (Å²) in [5, 5.41) is 9.62. The molecule has 3 rings (SSSR count). The maximum atomic E-state index is 14.6. The highest BCUT2D eigenvalue weighted by Crippen LogP contribution is 2.30. The average Bonchev–Trinajstić information content (AvgIpc) is 2.56. The van der Waals surface area contributed by atoms with Gasteiger partial charge in [-0.3, -0.25) is 0 Å². The van der Waals surface area contributed by atoms with Gasteiger partial charge in [0.2, 0.25) is 0 Å². The van der Waals surface area contributed by atoms with Crippen molar-refractivity contribution in [2.75, 3.05) is 0 Å². The highest BCUT2D eigenvalue weighted by atomic mass is 79.9. The Bertz CT molecular complexity index is 851. The first-order valence-corrected chi connectivity index (χ1v) is 7.94. The lowest BCUT2D eigenvalue weighted by molar-refractivity contribution is 0.0694. The number of aromatic carboxylic acids is 1. The van der Waals surface area contributed by atoms with Crippen molar-refractivity contribution < 1.29 is 14.3 Å². The summed E-state index contributed by atoms with van der Waals surface area (Å²) in [4.78, 5) is 15.7. The van der Waals surface area contributed by atoms with Gasteiger partial charge in [-0.15, -0.1) is 0 Å². The van der Waals surface area contributed by atoms with Gasteiger partial charge in [0.25, 0.3) is 0 Å². The third kappa shape index (κ3) is 3.40. The Hall–Kier alpha value is -2.27. The van der Waals surface area contributed by atoms with E-state index in [0.29, 0.717) is 15.6 Å². The van der Waals surface area contributed by atoms with Gasteiger partial charge in [-0.05, 0) is 18.2 Å². The van der Waals surface area contributed by atoms with E-state index in [-0.39, 0.29) is 16.6 Å². The minimum absolute atomic E-state index is 0.0443. The first kappa shape index (κ1) is 17.1. The molecule has 0 atom stereocenters. The fourth-order valence-electron chi connectivity index (χ4n) is 2.21. The number of carboxylic acid groups (broad SMARTS) is 1. The van der Waals surface area contributed by atoms with E-state index in [1.54, 1.807) is 48.5 Å². The molecule has 0 aliphatic heterocycles. The molecular formula is C18H15BrFNO2. The molecule has 0 radical (unpaired) electrons. The molecule has 0 amide bonds. The number of aromatic nitrogens is 1. The van der Waals surface area contributed by atoms with Crippen LogP contribution in [-0.2, 0) is 0 Å². The minimum atomic E-state index is -1.31. The second kappa shape index (κ2) is 7.33. The van der Waals surface area contributed by atoms with Crippen molar-refractivity contribution in [2.24, 2.45) is 0 Å². The standard InChI is InChI=1S/C16H9BrFNO2.C2H6/c17-10-6-7-12-11(8-10)13(16(20)21)14(18)15(19-12)9-4-2-1-3-5-9;1-2/h1-8H,(H,20,21);1-2H3. The molecule has 0 saturated heterocycles. The van der Waals surface area contributed by atoms with Crippen molar-refractivity contribution in [2.45, 2.75) is 13.8 Å².